The van der Waals surface area contributed by atoms with Crippen molar-refractivity contribution in [3.05, 3.63) is 12.2 Å². The molecule has 2 unspecified atom stereocenters. The van der Waals surface area contributed by atoms with Gasteiger partial charge < -0.3 is 11.1 Å². The standard InChI is InChI=1S/C16H30N2O/c1-2-6-14(11-12-17)9-10-16(19)18-13-15-7-4-3-5-8-15/h3-4,14-15H,2,5-13,17H2,1H3,(H,18,19). The lowest BCUT2D eigenvalue weighted by atomic mass is 9.93. The Balaban J connectivity index is 2.13. The molecule has 0 saturated heterocycles. The van der Waals surface area contributed by atoms with E-state index in [0.717, 1.165) is 38.8 Å². The molecule has 0 radical (unpaired) electrons. The second kappa shape index (κ2) is 10.0. The van der Waals surface area contributed by atoms with Crippen LogP contribution in [-0.2, 0) is 4.79 Å². The van der Waals surface area contributed by atoms with Crippen LogP contribution in [0.15, 0.2) is 12.2 Å². The number of nitrogens with one attached hydrogen (secondary N) is 1. The molecule has 1 amide bonds. The third-order valence-electron chi connectivity index (χ3n) is 4.02. The summed E-state index contributed by atoms with van der Waals surface area (Å²) in [6, 6.07) is 0. The summed E-state index contributed by atoms with van der Waals surface area (Å²) in [6.07, 6.45) is 13.0. The Bertz CT molecular complexity index is 270. The highest BCUT2D eigenvalue weighted by atomic mass is 16.1. The van der Waals surface area contributed by atoms with E-state index in [1.165, 1.54) is 19.3 Å². The highest BCUT2D eigenvalue weighted by molar-refractivity contribution is 5.75. The lowest BCUT2D eigenvalue weighted by Crippen LogP contribution is -2.30. The van der Waals surface area contributed by atoms with Gasteiger partial charge in [-0.05, 0) is 50.5 Å². The Morgan fingerprint density at radius 3 is 2.84 bits per heavy atom. The van der Waals surface area contributed by atoms with Gasteiger partial charge in [-0.3, -0.25) is 4.79 Å². The molecule has 3 heteroatoms. The number of carbonyl (C=O) groups excluding carboxylic acids is 1. The van der Waals surface area contributed by atoms with Gasteiger partial charge >= 0.3 is 0 Å². The second-order valence-electron chi connectivity index (χ2n) is 5.73. The van der Waals surface area contributed by atoms with Crippen LogP contribution in [0.4, 0.5) is 0 Å². The molecule has 1 rings (SSSR count). The van der Waals surface area contributed by atoms with Crippen molar-refractivity contribution >= 4 is 5.91 Å². The topological polar surface area (TPSA) is 55.1 Å². The number of nitrogens with two attached hydrogens (primary N) is 1. The van der Waals surface area contributed by atoms with Gasteiger partial charge in [0.15, 0.2) is 0 Å². The van der Waals surface area contributed by atoms with Crippen molar-refractivity contribution in [3.63, 3.8) is 0 Å². The Morgan fingerprint density at radius 1 is 1.37 bits per heavy atom. The van der Waals surface area contributed by atoms with Crippen LogP contribution in [-0.4, -0.2) is 19.0 Å². The predicted octanol–water partition coefficient (Wildman–Crippen LogP) is 3.00. The van der Waals surface area contributed by atoms with Crippen molar-refractivity contribution in [2.75, 3.05) is 13.1 Å². The zero-order valence-electron chi connectivity index (χ0n) is 12.4. The molecule has 0 heterocycles. The van der Waals surface area contributed by atoms with Crippen molar-refractivity contribution in [1.29, 1.82) is 0 Å². The zero-order valence-corrected chi connectivity index (χ0v) is 12.4. The van der Waals surface area contributed by atoms with E-state index in [9.17, 15) is 4.79 Å². The van der Waals surface area contributed by atoms with E-state index in [4.69, 9.17) is 5.73 Å². The minimum Gasteiger partial charge on any atom is -0.356 e. The van der Waals surface area contributed by atoms with Crippen molar-refractivity contribution in [2.24, 2.45) is 17.6 Å². The fraction of sp³-hybridized carbons (Fsp3) is 0.812. The van der Waals surface area contributed by atoms with Crippen LogP contribution in [0.3, 0.4) is 0 Å². The Labute approximate surface area is 118 Å². The molecule has 0 spiro atoms. The number of carbonyl (C=O) groups is 1. The summed E-state index contributed by atoms with van der Waals surface area (Å²) in [6.45, 7) is 3.78. The number of hydrogen-bond acceptors (Lipinski definition) is 2. The van der Waals surface area contributed by atoms with Crippen molar-refractivity contribution in [2.45, 2.75) is 58.3 Å². The molecule has 0 aliphatic heterocycles. The molecule has 0 fully saturated rings. The van der Waals surface area contributed by atoms with Gasteiger partial charge in [-0.15, -0.1) is 0 Å². The normalized spacial score (nSPS) is 20.2. The molecule has 1 aliphatic rings. The van der Waals surface area contributed by atoms with Crippen LogP contribution < -0.4 is 11.1 Å². The highest BCUT2D eigenvalue weighted by Crippen LogP contribution is 2.18. The molecule has 1 aliphatic carbocycles. The SMILES string of the molecule is CCCC(CCN)CCC(=O)NCC1CC=CCC1. The van der Waals surface area contributed by atoms with Crippen LogP contribution in [0, 0.1) is 11.8 Å². The van der Waals surface area contributed by atoms with E-state index in [1.807, 2.05) is 0 Å². The first kappa shape index (κ1) is 16.2. The lowest BCUT2D eigenvalue weighted by molar-refractivity contribution is -0.121. The van der Waals surface area contributed by atoms with Gasteiger partial charge in [0.2, 0.25) is 5.91 Å². The average Bonchev–Trinajstić information content (AvgIpc) is 2.44. The maximum atomic E-state index is 11.8. The van der Waals surface area contributed by atoms with Gasteiger partial charge in [0.05, 0.1) is 0 Å². The minimum atomic E-state index is 0.215. The quantitative estimate of drug-likeness (QED) is 0.630. The molecule has 2 atom stereocenters. The number of rotatable bonds is 9. The molecular weight excluding hydrogens is 236 g/mol. The van der Waals surface area contributed by atoms with Gasteiger partial charge in [-0.25, -0.2) is 0 Å². The summed E-state index contributed by atoms with van der Waals surface area (Å²) in [4.78, 5) is 11.8. The maximum Gasteiger partial charge on any atom is 0.220 e. The van der Waals surface area contributed by atoms with Gasteiger partial charge in [0.25, 0.3) is 0 Å². The largest absolute Gasteiger partial charge is 0.356 e. The second-order valence-corrected chi connectivity index (χ2v) is 5.73. The highest BCUT2D eigenvalue weighted by Gasteiger charge is 2.13. The predicted molar refractivity (Wildman–Crippen MR) is 80.8 cm³/mol. The Morgan fingerprint density at radius 2 is 2.21 bits per heavy atom. The fourth-order valence-corrected chi connectivity index (χ4v) is 2.80. The van der Waals surface area contributed by atoms with Gasteiger partial charge in [-0.1, -0.05) is 31.9 Å². The molecule has 0 aromatic carbocycles. The molecule has 19 heavy (non-hydrogen) atoms. The van der Waals surface area contributed by atoms with Crippen LogP contribution in [0.1, 0.15) is 58.3 Å². The van der Waals surface area contributed by atoms with Crippen molar-refractivity contribution in [1.82, 2.24) is 5.32 Å². The maximum absolute atomic E-state index is 11.8. The van der Waals surface area contributed by atoms with Gasteiger partial charge in [0, 0.05) is 13.0 Å². The lowest BCUT2D eigenvalue weighted by Gasteiger charge is -2.19. The third-order valence-corrected chi connectivity index (χ3v) is 4.02. The smallest absolute Gasteiger partial charge is 0.220 e. The molecule has 3 N–H and O–H groups in total. The van der Waals surface area contributed by atoms with Crippen LogP contribution >= 0.6 is 0 Å². The monoisotopic (exact) mass is 266 g/mol. The fourth-order valence-electron chi connectivity index (χ4n) is 2.80. The first-order chi connectivity index (χ1) is 9.26. The Hall–Kier alpha value is -0.830. The van der Waals surface area contributed by atoms with E-state index in [-0.39, 0.29) is 5.91 Å². The minimum absolute atomic E-state index is 0.215. The van der Waals surface area contributed by atoms with E-state index < -0.39 is 0 Å². The summed E-state index contributed by atoms with van der Waals surface area (Å²) in [5, 5.41) is 3.09. The first-order valence-electron chi connectivity index (χ1n) is 7.88. The summed E-state index contributed by atoms with van der Waals surface area (Å²) in [5.41, 5.74) is 5.62. The number of amides is 1. The molecule has 0 aromatic heterocycles. The van der Waals surface area contributed by atoms with Gasteiger partial charge in [0.1, 0.15) is 0 Å². The van der Waals surface area contributed by atoms with Crippen LogP contribution in [0.5, 0.6) is 0 Å². The summed E-state index contributed by atoms with van der Waals surface area (Å²) >= 11 is 0. The van der Waals surface area contributed by atoms with Crippen LogP contribution in [0.2, 0.25) is 0 Å². The zero-order chi connectivity index (χ0) is 13.9. The number of hydrogen-bond donors (Lipinski definition) is 2. The van der Waals surface area contributed by atoms with Crippen molar-refractivity contribution < 1.29 is 4.79 Å². The first-order valence-corrected chi connectivity index (χ1v) is 7.88. The van der Waals surface area contributed by atoms with E-state index in [0.29, 0.717) is 18.3 Å². The molecule has 3 nitrogen and oxygen atoms in total. The summed E-state index contributed by atoms with van der Waals surface area (Å²) in [5.74, 6) is 1.48. The van der Waals surface area contributed by atoms with Gasteiger partial charge in [-0.2, -0.15) is 0 Å². The molecule has 110 valence electrons. The summed E-state index contributed by atoms with van der Waals surface area (Å²) in [7, 11) is 0. The van der Waals surface area contributed by atoms with Crippen LogP contribution in [0.25, 0.3) is 0 Å². The molecule has 0 aromatic rings. The molecule has 0 saturated carbocycles. The van der Waals surface area contributed by atoms with E-state index >= 15 is 0 Å². The Kier molecular flexibility index (Phi) is 8.55. The third kappa shape index (κ3) is 7.36. The summed E-state index contributed by atoms with van der Waals surface area (Å²) < 4.78 is 0. The molecule has 0 bridgehead atoms. The molecular formula is C16H30N2O. The average molecular weight is 266 g/mol. The van der Waals surface area contributed by atoms with E-state index in [1.54, 1.807) is 0 Å². The van der Waals surface area contributed by atoms with E-state index in [2.05, 4.69) is 24.4 Å². The number of allylic oxidation sites excluding steroid dienone is 2. The van der Waals surface area contributed by atoms with Crippen molar-refractivity contribution in [3.8, 4) is 0 Å².